The van der Waals surface area contributed by atoms with E-state index in [1.165, 1.54) is 25.3 Å². The molecule has 252 valence electrons. The molecule has 46 heavy (non-hydrogen) atoms. The van der Waals surface area contributed by atoms with Gasteiger partial charge in [0.25, 0.3) is 15.9 Å². The molecule has 3 aromatic rings. The predicted octanol–water partition coefficient (Wildman–Crippen LogP) is 7.99. The molecule has 3 rings (SSSR count). The first kappa shape index (κ1) is 37.4. The van der Waals surface area contributed by atoms with Gasteiger partial charge in [-0.1, -0.05) is 61.0 Å². The van der Waals surface area contributed by atoms with E-state index in [2.05, 4.69) is 34.9 Å². The SMILES string of the molecule is COc1nc(Oc2cccc([C@H](C)NC(=O)OC(C)(C)C)c2)c(C)nc1N(COCC[Si](C)(C)C)S(=O)(=O)c1cccc(Cl)c1Cl. The number of hydrogen-bond donors (Lipinski definition) is 1. The van der Waals surface area contributed by atoms with E-state index in [1.54, 1.807) is 45.9 Å². The Morgan fingerprint density at radius 3 is 2.37 bits per heavy atom. The van der Waals surface area contributed by atoms with Crippen LogP contribution < -0.4 is 19.1 Å². The van der Waals surface area contributed by atoms with Crippen LogP contribution in [0, 0.1) is 6.92 Å². The van der Waals surface area contributed by atoms with Gasteiger partial charge < -0.3 is 24.3 Å². The Balaban J connectivity index is 1.96. The third-order valence-electron chi connectivity index (χ3n) is 6.40. The molecule has 1 aromatic heterocycles. The minimum atomic E-state index is -4.35. The van der Waals surface area contributed by atoms with Crippen molar-refractivity contribution >= 4 is 53.2 Å². The van der Waals surface area contributed by atoms with Crippen LogP contribution in [0.2, 0.25) is 35.7 Å². The van der Waals surface area contributed by atoms with Crippen molar-refractivity contribution in [2.24, 2.45) is 0 Å². The fraction of sp³-hybridized carbons (Fsp3) is 0.452. The normalized spacial score (nSPS) is 12.8. The van der Waals surface area contributed by atoms with Gasteiger partial charge in [0, 0.05) is 14.7 Å². The molecule has 0 aliphatic rings. The highest BCUT2D eigenvalue weighted by Gasteiger charge is 2.33. The number of amides is 1. The van der Waals surface area contributed by atoms with E-state index >= 15 is 0 Å². The number of ether oxygens (including phenoxy) is 4. The number of aryl methyl sites for hydroxylation is 1. The summed E-state index contributed by atoms with van der Waals surface area (Å²) in [6, 6.07) is 11.8. The Labute approximate surface area is 282 Å². The van der Waals surface area contributed by atoms with E-state index < -0.39 is 29.8 Å². The summed E-state index contributed by atoms with van der Waals surface area (Å²) in [4.78, 5) is 21.1. The predicted molar refractivity (Wildman–Crippen MR) is 183 cm³/mol. The summed E-state index contributed by atoms with van der Waals surface area (Å²) in [5.74, 6) is 0.267. The van der Waals surface area contributed by atoms with Gasteiger partial charge in [-0.2, -0.15) is 4.98 Å². The first-order valence-corrected chi connectivity index (χ1v) is 20.5. The molecule has 0 aliphatic carbocycles. The molecule has 1 amide bonds. The summed E-state index contributed by atoms with van der Waals surface area (Å²) < 4.78 is 51.8. The molecule has 0 bridgehead atoms. The molecule has 1 N–H and O–H groups in total. The van der Waals surface area contributed by atoms with Crippen molar-refractivity contribution in [3.8, 4) is 17.5 Å². The molecule has 0 unspecified atom stereocenters. The maximum atomic E-state index is 14.0. The lowest BCUT2D eigenvalue weighted by atomic mass is 10.1. The molecule has 0 spiro atoms. The highest BCUT2D eigenvalue weighted by atomic mass is 35.5. The fourth-order valence-electron chi connectivity index (χ4n) is 3.97. The van der Waals surface area contributed by atoms with Crippen LogP contribution in [-0.2, 0) is 19.5 Å². The van der Waals surface area contributed by atoms with Gasteiger partial charge in [0.2, 0.25) is 11.7 Å². The third-order valence-corrected chi connectivity index (χ3v) is 10.8. The maximum Gasteiger partial charge on any atom is 0.408 e. The number of nitrogens with zero attached hydrogens (tertiary/aromatic N) is 3. The zero-order valence-corrected chi connectivity index (χ0v) is 30.9. The molecule has 1 heterocycles. The number of carbonyl (C=O) groups excluding carboxylic acids is 1. The topological polar surface area (TPSA) is 129 Å². The lowest BCUT2D eigenvalue weighted by molar-refractivity contribution is 0.0507. The van der Waals surface area contributed by atoms with Gasteiger partial charge in [0.15, 0.2) is 0 Å². The molecule has 11 nitrogen and oxygen atoms in total. The highest BCUT2D eigenvalue weighted by molar-refractivity contribution is 7.93. The van der Waals surface area contributed by atoms with E-state index in [9.17, 15) is 13.2 Å². The van der Waals surface area contributed by atoms with Gasteiger partial charge >= 0.3 is 6.09 Å². The Bertz CT molecular complexity index is 1650. The zero-order valence-electron chi connectivity index (χ0n) is 27.6. The molecule has 0 fully saturated rings. The Morgan fingerprint density at radius 1 is 1.07 bits per heavy atom. The van der Waals surface area contributed by atoms with Crippen LogP contribution in [0.3, 0.4) is 0 Å². The quantitative estimate of drug-likeness (QED) is 0.106. The van der Waals surface area contributed by atoms with Gasteiger partial charge in [-0.05, 0) is 70.5 Å². The number of hydrogen-bond acceptors (Lipinski definition) is 9. The first-order valence-electron chi connectivity index (χ1n) is 14.6. The molecule has 0 aliphatic heterocycles. The van der Waals surface area contributed by atoms with Crippen LogP contribution in [0.15, 0.2) is 47.4 Å². The van der Waals surface area contributed by atoms with E-state index in [0.717, 1.165) is 15.9 Å². The number of benzene rings is 2. The molecule has 1 atom stereocenters. The van der Waals surface area contributed by atoms with Crippen LogP contribution in [0.1, 0.15) is 45.0 Å². The Kier molecular flexibility index (Phi) is 12.3. The van der Waals surface area contributed by atoms with E-state index in [1.807, 2.05) is 13.0 Å². The summed E-state index contributed by atoms with van der Waals surface area (Å²) >= 11 is 12.5. The van der Waals surface area contributed by atoms with Gasteiger partial charge in [0.1, 0.15) is 28.7 Å². The minimum Gasteiger partial charge on any atom is -0.478 e. The van der Waals surface area contributed by atoms with Crippen molar-refractivity contribution in [2.45, 2.75) is 76.8 Å². The van der Waals surface area contributed by atoms with Crippen molar-refractivity contribution < 1.29 is 32.2 Å². The number of nitrogens with one attached hydrogen (secondary N) is 1. The fourth-order valence-corrected chi connectivity index (χ4v) is 6.76. The van der Waals surface area contributed by atoms with Crippen molar-refractivity contribution in [1.82, 2.24) is 15.3 Å². The van der Waals surface area contributed by atoms with Gasteiger partial charge in [0.05, 0.1) is 23.2 Å². The smallest absolute Gasteiger partial charge is 0.408 e. The summed E-state index contributed by atoms with van der Waals surface area (Å²) in [7, 11) is -4.46. The van der Waals surface area contributed by atoms with Crippen molar-refractivity contribution in [2.75, 3.05) is 24.8 Å². The molecule has 0 radical (unpaired) electrons. The lowest BCUT2D eigenvalue weighted by Crippen LogP contribution is -2.35. The van der Waals surface area contributed by atoms with Crippen molar-refractivity contribution in [3.63, 3.8) is 0 Å². The second kappa shape index (κ2) is 15.2. The average molecular weight is 714 g/mol. The van der Waals surface area contributed by atoms with E-state index in [4.69, 9.17) is 42.1 Å². The lowest BCUT2D eigenvalue weighted by Gasteiger charge is -2.26. The van der Waals surface area contributed by atoms with E-state index in [0.29, 0.717) is 12.4 Å². The summed E-state index contributed by atoms with van der Waals surface area (Å²) in [6.45, 7) is 15.4. The monoisotopic (exact) mass is 712 g/mol. The van der Waals surface area contributed by atoms with Crippen LogP contribution in [0.25, 0.3) is 0 Å². The third kappa shape index (κ3) is 10.2. The first-order chi connectivity index (χ1) is 21.3. The summed E-state index contributed by atoms with van der Waals surface area (Å²) in [5.41, 5.74) is 0.398. The zero-order chi connectivity index (χ0) is 34.4. The molecule has 0 saturated heterocycles. The van der Waals surface area contributed by atoms with Crippen LogP contribution in [-0.4, -0.2) is 58.6 Å². The second-order valence-electron chi connectivity index (χ2n) is 12.7. The van der Waals surface area contributed by atoms with E-state index in [-0.39, 0.29) is 51.0 Å². The van der Waals surface area contributed by atoms with Gasteiger partial charge in [-0.3, -0.25) is 0 Å². The number of rotatable bonds is 13. The summed E-state index contributed by atoms with van der Waals surface area (Å²) in [5, 5.41) is 2.76. The second-order valence-corrected chi connectivity index (χ2v) is 21.0. The van der Waals surface area contributed by atoms with Crippen LogP contribution >= 0.6 is 23.2 Å². The average Bonchev–Trinajstić information content (AvgIpc) is 2.93. The maximum absolute atomic E-state index is 14.0. The standard InChI is InChI=1S/C31H42Cl2N4O7SSi/c1-20(35-30(38)44-31(3,4)5)22-12-10-13-23(18-22)43-28-21(2)34-27(29(36-28)41-6)37(19-42-16-17-46(7,8)9)45(39,40)25-15-11-14-24(32)26(25)33/h10-15,18,20H,16-17,19H2,1-9H3,(H,35,38)/t20-/m0/s1. The van der Waals surface area contributed by atoms with Crippen molar-refractivity contribution in [3.05, 3.63) is 63.8 Å². The van der Waals surface area contributed by atoms with Crippen LogP contribution in [0.5, 0.6) is 17.5 Å². The molecule has 0 saturated carbocycles. The minimum absolute atomic E-state index is 0.0816. The molecular weight excluding hydrogens is 671 g/mol. The molecule has 2 aromatic carbocycles. The number of halogens is 2. The largest absolute Gasteiger partial charge is 0.478 e. The number of sulfonamides is 1. The van der Waals surface area contributed by atoms with Crippen LogP contribution in [0.4, 0.5) is 10.6 Å². The van der Waals surface area contributed by atoms with Gasteiger partial charge in [-0.25, -0.2) is 22.5 Å². The number of aromatic nitrogens is 2. The number of anilines is 1. The van der Waals surface area contributed by atoms with Crippen molar-refractivity contribution in [1.29, 1.82) is 0 Å². The number of methoxy groups -OCH3 is 1. The molecular formula is C31H42Cl2N4O7SSi. The Morgan fingerprint density at radius 2 is 1.74 bits per heavy atom. The summed E-state index contributed by atoms with van der Waals surface area (Å²) in [6.07, 6.45) is -0.545. The van der Waals surface area contributed by atoms with Gasteiger partial charge in [-0.15, -0.1) is 0 Å². The highest BCUT2D eigenvalue weighted by Crippen LogP contribution is 2.37. The molecule has 15 heteroatoms. The Hall–Kier alpha value is -3.10. The number of alkyl carbamates (subject to hydrolysis) is 1. The number of carbonyl (C=O) groups is 1.